The van der Waals surface area contributed by atoms with Crippen LogP contribution in [0.3, 0.4) is 0 Å². The minimum atomic E-state index is -1.56. The Bertz CT molecular complexity index is 547. The number of hydrogen-bond acceptors (Lipinski definition) is 12. The zero-order chi connectivity index (χ0) is 26.7. The molecule has 1 N–H and O–H groups in total. The Kier molecular flexibility index (Phi) is 25.1. The third-order valence-corrected chi connectivity index (χ3v) is 4.20. The molecule has 0 bridgehead atoms. The zero-order valence-corrected chi connectivity index (χ0v) is 21.6. The molecule has 0 rings (SSSR count). The molecule has 0 aromatic heterocycles. The van der Waals surface area contributed by atoms with Crippen molar-refractivity contribution >= 4 is 17.7 Å². The molecule has 0 heterocycles. The van der Waals surface area contributed by atoms with E-state index < -0.39 is 17.7 Å². The first-order valence-corrected chi connectivity index (χ1v) is 12.0. The van der Waals surface area contributed by atoms with E-state index in [1.54, 1.807) is 0 Å². The van der Waals surface area contributed by atoms with Gasteiger partial charge in [-0.25, -0.2) is 4.79 Å². The Balaban J connectivity index is 3.15. The molecule has 0 amide bonds. The average Bonchev–Trinajstić information content (AvgIpc) is 2.84. The first-order valence-electron chi connectivity index (χ1n) is 12.0. The van der Waals surface area contributed by atoms with Gasteiger partial charge in [-0.2, -0.15) is 0 Å². The van der Waals surface area contributed by atoms with Crippen LogP contribution >= 0.6 is 0 Å². The second kappa shape index (κ2) is 26.4. The minimum Gasteiger partial charge on any atom is -0.476 e. The maximum Gasteiger partial charge on any atom is 0.372 e. The number of carboxylic acids is 1. The summed E-state index contributed by atoms with van der Waals surface area (Å²) in [6.07, 6.45) is -0.646. The molecule has 0 saturated heterocycles. The van der Waals surface area contributed by atoms with Crippen molar-refractivity contribution in [2.24, 2.45) is 0 Å². The van der Waals surface area contributed by atoms with Crippen LogP contribution in [0.4, 0.5) is 0 Å². The maximum absolute atomic E-state index is 11.3. The molecule has 0 spiro atoms. The lowest BCUT2D eigenvalue weighted by molar-refractivity contribution is -0.151. The molecule has 212 valence electrons. The lowest BCUT2D eigenvalue weighted by atomic mass is 10.2. The van der Waals surface area contributed by atoms with Crippen molar-refractivity contribution < 1.29 is 57.4 Å². The molecular weight excluding hydrogens is 482 g/mol. The standard InChI is InChI=1S/C23H43NO12/c1-24(2)5-6-29-7-8-30-9-10-31-11-12-32-13-14-33-15-16-34-17-18-35-19-20-36-22(26)4-3-21(25)23(27)28/h3-20H2,1-2H3,(H,27,28). The predicted molar refractivity (Wildman–Crippen MR) is 127 cm³/mol. The van der Waals surface area contributed by atoms with E-state index in [0.717, 1.165) is 6.54 Å². The number of aliphatic carboxylic acids is 1. The van der Waals surface area contributed by atoms with Gasteiger partial charge in [0.15, 0.2) is 0 Å². The Morgan fingerprint density at radius 3 is 1.19 bits per heavy atom. The van der Waals surface area contributed by atoms with Crippen molar-refractivity contribution in [1.29, 1.82) is 0 Å². The SMILES string of the molecule is CN(C)CCOCCOCCOCCOCCOCCOCCOCCOC(=O)CCC(=O)C(=O)O. The largest absolute Gasteiger partial charge is 0.476 e. The highest BCUT2D eigenvalue weighted by Crippen LogP contribution is 1.95. The Morgan fingerprint density at radius 2 is 0.861 bits per heavy atom. The van der Waals surface area contributed by atoms with Gasteiger partial charge < -0.3 is 47.9 Å². The number of ether oxygens (including phenoxy) is 8. The highest BCUT2D eigenvalue weighted by atomic mass is 16.6. The van der Waals surface area contributed by atoms with Crippen LogP contribution in [-0.2, 0) is 52.3 Å². The summed E-state index contributed by atoms with van der Waals surface area (Å²) < 4.78 is 42.4. The van der Waals surface area contributed by atoms with E-state index in [9.17, 15) is 14.4 Å². The van der Waals surface area contributed by atoms with Crippen LogP contribution in [0.5, 0.6) is 0 Å². The normalized spacial score (nSPS) is 11.2. The fourth-order valence-electron chi connectivity index (χ4n) is 2.28. The Hall–Kier alpha value is -1.71. The smallest absolute Gasteiger partial charge is 0.372 e. The van der Waals surface area contributed by atoms with E-state index >= 15 is 0 Å². The van der Waals surface area contributed by atoms with Crippen LogP contribution in [0.1, 0.15) is 12.8 Å². The van der Waals surface area contributed by atoms with Gasteiger partial charge in [-0.1, -0.05) is 0 Å². The van der Waals surface area contributed by atoms with Crippen molar-refractivity contribution in [2.75, 3.05) is 120 Å². The molecule has 0 fully saturated rings. The van der Waals surface area contributed by atoms with Crippen LogP contribution in [0.25, 0.3) is 0 Å². The number of likely N-dealkylation sites (N-methyl/N-ethyl adjacent to an activating group) is 1. The van der Waals surface area contributed by atoms with E-state index in [2.05, 4.69) is 4.90 Å². The van der Waals surface area contributed by atoms with E-state index in [1.807, 2.05) is 14.1 Å². The van der Waals surface area contributed by atoms with Crippen LogP contribution in [-0.4, -0.2) is 147 Å². The first kappa shape index (κ1) is 34.3. The van der Waals surface area contributed by atoms with Crippen molar-refractivity contribution in [3.63, 3.8) is 0 Å². The van der Waals surface area contributed by atoms with Gasteiger partial charge in [0, 0.05) is 13.0 Å². The minimum absolute atomic E-state index is 0.0228. The van der Waals surface area contributed by atoms with Crippen LogP contribution in [0, 0.1) is 0 Å². The monoisotopic (exact) mass is 525 g/mol. The number of rotatable bonds is 28. The fraction of sp³-hybridized carbons (Fsp3) is 0.870. The number of carbonyl (C=O) groups excluding carboxylic acids is 2. The summed E-state index contributed by atoms with van der Waals surface area (Å²) in [6, 6.07) is 0. The maximum atomic E-state index is 11.3. The third kappa shape index (κ3) is 26.9. The van der Waals surface area contributed by atoms with Crippen LogP contribution < -0.4 is 0 Å². The van der Waals surface area contributed by atoms with Gasteiger partial charge in [0.2, 0.25) is 5.78 Å². The summed E-state index contributed by atoms with van der Waals surface area (Å²) in [4.78, 5) is 34.6. The van der Waals surface area contributed by atoms with Gasteiger partial charge in [-0.15, -0.1) is 0 Å². The molecule has 0 unspecified atom stereocenters. The Labute approximate surface area is 213 Å². The quantitative estimate of drug-likeness (QED) is 0.0806. The molecule has 13 heteroatoms. The van der Waals surface area contributed by atoms with Crippen molar-refractivity contribution in [2.45, 2.75) is 12.8 Å². The number of carbonyl (C=O) groups is 3. The Morgan fingerprint density at radius 1 is 0.528 bits per heavy atom. The fourth-order valence-corrected chi connectivity index (χ4v) is 2.28. The summed E-state index contributed by atoms with van der Waals surface area (Å²) in [5.74, 6) is -3.22. The summed E-state index contributed by atoms with van der Waals surface area (Å²) in [5.41, 5.74) is 0. The molecule has 0 aromatic rings. The second-order valence-electron chi connectivity index (χ2n) is 7.54. The molecule has 0 aliphatic carbocycles. The molecule has 0 radical (unpaired) electrons. The van der Waals surface area contributed by atoms with Gasteiger partial charge >= 0.3 is 11.9 Å². The lowest BCUT2D eigenvalue weighted by Gasteiger charge is -2.10. The number of ketones is 1. The molecule has 0 aliphatic rings. The lowest BCUT2D eigenvalue weighted by Crippen LogP contribution is -2.19. The van der Waals surface area contributed by atoms with Crippen LogP contribution in [0.2, 0.25) is 0 Å². The number of nitrogens with zero attached hydrogens (tertiary/aromatic N) is 1. The highest BCUT2D eigenvalue weighted by Gasteiger charge is 2.14. The number of hydrogen-bond donors (Lipinski definition) is 1. The van der Waals surface area contributed by atoms with Gasteiger partial charge in [0.05, 0.1) is 98.9 Å². The van der Waals surface area contributed by atoms with Crippen molar-refractivity contribution in [1.82, 2.24) is 4.90 Å². The predicted octanol–water partition coefficient (Wildman–Crippen LogP) is -0.359. The molecule has 0 aliphatic heterocycles. The number of esters is 1. The van der Waals surface area contributed by atoms with Crippen molar-refractivity contribution in [3.8, 4) is 0 Å². The topological polar surface area (TPSA) is 149 Å². The van der Waals surface area contributed by atoms with Gasteiger partial charge in [0.1, 0.15) is 6.61 Å². The van der Waals surface area contributed by atoms with E-state index in [-0.39, 0.29) is 26.1 Å². The number of Topliss-reactive ketones (excluding diaryl/α,β-unsaturated/α-hetero) is 1. The van der Waals surface area contributed by atoms with E-state index in [1.165, 1.54) is 0 Å². The van der Waals surface area contributed by atoms with Gasteiger partial charge in [0.25, 0.3) is 0 Å². The molecule has 0 aromatic carbocycles. The summed E-state index contributed by atoms with van der Waals surface area (Å²) in [7, 11) is 4.01. The van der Waals surface area contributed by atoms with Crippen LogP contribution in [0.15, 0.2) is 0 Å². The zero-order valence-electron chi connectivity index (χ0n) is 21.6. The molecule has 0 saturated carbocycles. The third-order valence-electron chi connectivity index (χ3n) is 4.20. The molecule has 0 atom stereocenters. The molecule has 13 nitrogen and oxygen atoms in total. The highest BCUT2D eigenvalue weighted by molar-refractivity contribution is 6.32. The second-order valence-corrected chi connectivity index (χ2v) is 7.54. The average molecular weight is 526 g/mol. The first-order chi connectivity index (χ1) is 17.4. The summed E-state index contributed by atoms with van der Waals surface area (Å²) in [5, 5.41) is 8.41. The van der Waals surface area contributed by atoms with E-state index in [4.69, 9.17) is 43.0 Å². The van der Waals surface area contributed by atoms with Gasteiger partial charge in [-0.05, 0) is 14.1 Å². The van der Waals surface area contributed by atoms with Crippen molar-refractivity contribution in [3.05, 3.63) is 0 Å². The van der Waals surface area contributed by atoms with Gasteiger partial charge in [-0.3, -0.25) is 9.59 Å². The summed E-state index contributed by atoms with van der Waals surface area (Å²) >= 11 is 0. The van der Waals surface area contributed by atoms with E-state index in [0.29, 0.717) is 85.9 Å². The number of carboxylic acid groups (broad SMARTS) is 1. The molecular formula is C23H43NO12. The summed E-state index contributed by atoms with van der Waals surface area (Å²) in [6.45, 7) is 7.43. The molecule has 36 heavy (non-hydrogen) atoms.